The molecule has 0 spiro atoms. The van der Waals surface area contributed by atoms with Gasteiger partial charge >= 0.3 is 0 Å². The number of likely N-dealkylation sites (N-methyl/N-ethyl adjacent to an activating group) is 1. The van der Waals surface area contributed by atoms with E-state index < -0.39 is 4.92 Å². The van der Waals surface area contributed by atoms with E-state index in [-0.39, 0.29) is 18.1 Å². The third-order valence-corrected chi connectivity index (χ3v) is 3.85. The quantitative estimate of drug-likeness (QED) is 0.415. The fourth-order valence-electron chi connectivity index (χ4n) is 2.55. The molecule has 142 valence electrons. The second-order valence-electron chi connectivity index (χ2n) is 6.22. The van der Waals surface area contributed by atoms with Gasteiger partial charge in [0.05, 0.1) is 11.5 Å². The molecule has 27 heavy (non-hydrogen) atoms. The van der Waals surface area contributed by atoms with Crippen LogP contribution in [0.1, 0.15) is 11.1 Å². The molecule has 7 heteroatoms. The number of carbonyl (C=O) groups excluding carboxylic acids is 1. The molecule has 2 rings (SSSR count). The van der Waals surface area contributed by atoms with Gasteiger partial charge in [0.1, 0.15) is 12.4 Å². The Kier molecular flexibility index (Phi) is 7.08. The number of amides is 1. The Morgan fingerprint density at radius 1 is 1.30 bits per heavy atom. The van der Waals surface area contributed by atoms with Gasteiger partial charge in [-0.15, -0.1) is 0 Å². The molecule has 0 saturated heterocycles. The van der Waals surface area contributed by atoms with Gasteiger partial charge in [-0.2, -0.15) is 0 Å². The summed E-state index contributed by atoms with van der Waals surface area (Å²) in [5, 5.41) is 13.6. The van der Waals surface area contributed by atoms with Crippen LogP contribution in [0.25, 0.3) is 0 Å². The van der Waals surface area contributed by atoms with Gasteiger partial charge in [0.2, 0.25) is 5.91 Å². The highest BCUT2D eigenvalue weighted by Gasteiger charge is 2.12. The van der Waals surface area contributed by atoms with Gasteiger partial charge in [-0.25, -0.2) is 0 Å². The summed E-state index contributed by atoms with van der Waals surface area (Å²) in [4.78, 5) is 24.4. The van der Waals surface area contributed by atoms with Crippen LogP contribution in [0.4, 0.5) is 11.4 Å². The number of hydrogen-bond donors (Lipinski definition) is 1. The summed E-state index contributed by atoms with van der Waals surface area (Å²) in [5.41, 5.74) is 2.28. The minimum Gasteiger partial charge on any atom is -0.490 e. The zero-order valence-corrected chi connectivity index (χ0v) is 15.5. The Labute approximate surface area is 158 Å². The minimum absolute atomic E-state index is 0.00290. The van der Waals surface area contributed by atoms with Gasteiger partial charge in [-0.3, -0.25) is 19.8 Å². The van der Waals surface area contributed by atoms with Crippen molar-refractivity contribution in [2.24, 2.45) is 0 Å². The van der Waals surface area contributed by atoms with Gasteiger partial charge < -0.3 is 10.1 Å². The number of benzene rings is 2. The van der Waals surface area contributed by atoms with Crippen molar-refractivity contribution in [3.63, 3.8) is 0 Å². The highest BCUT2D eigenvalue weighted by Crippen LogP contribution is 2.21. The molecule has 0 radical (unpaired) electrons. The summed E-state index contributed by atoms with van der Waals surface area (Å²) in [6, 6.07) is 12.0. The molecule has 2 aromatic rings. The number of rotatable bonds is 9. The van der Waals surface area contributed by atoms with Crippen molar-refractivity contribution in [2.45, 2.75) is 13.5 Å². The Balaban J connectivity index is 1.88. The molecule has 2 aromatic carbocycles. The number of aryl methyl sites for hydroxylation is 1. The van der Waals surface area contributed by atoms with E-state index in [1.165, 1.54) is 12.1 Å². The molecule has 0 aliphatic heterocycles. The largest absolute Gasteiger partial charge is 0.490 e. The SMILES string of the molecule is C=CCOc1ccc(CN(C)CC(=O)Nc2ccc([N+](=O)[O-])cc2C)cc1. The number of nitro groups is 1. The summed E-state index contributed by atoms with van der Waals surface area (Å²) in [7, 11) is 1.85. The average Bonchev–Trinajstić information content (AvgIpc) is 2.62. The van der Waals surface area contributed by atoms with Crippen molar-refractivity contribution in [3.05, 3.63) is 76.4 Å². The lowest BCUT2D eigenvalue weighted by molar-refractivity contribution is -0.384. The number of nitrogens with one attached hydrogen (secondary N) is 1. The predicted molar refractivity (Wildman–Crippen MR) is 105 cm³/mol. The van der Waals surface area contributed by atoms with E-state index in [0.29, 0.717) is 24.4 Å². The first kappa shape index (κ1) is 20.1. The summed E-state index contributed by atoms with van der Waals surface area (Å²) in [6.07, 6.45) is 1.69. The van der Waals surface area contributed by atoms with Crippen LogP contribution in [0, 0.1) is 17.0 Å². The van der Waals surface area contributed by atoms with E-state index in [1.54, 1.807) is 19.1 Å². The van der Waals surface area contributed by atoms with Crippen LogP contribution in [-0.4, -0.2) is 35.9 Å². The zero-order valence-electron chi connectivity index (χ0n) is 15.5. The lowest BCUT2D eigenvalue weighted by Gasteiger charge is -2.17. The second kappa shape index (κ2) is 9.49. The van der Waals surface area contributed by atoms with E-state index >= 15 is 0 Å². The summed E-state index contributed by atoms with van der Waals surface area (Å²) >= 11 is 0. The maximum absolute atomic E-state index is 12.2. The maximum Gasteiger partial charge on any atom is 0.269 e. The van der Waals surface area contributed by atoms with Gasteiger partial charge in [-0.1, -0.05) is 24.8 Å². The van der Waals surface area contributed by atoms with Crippen LogP contribution in [0.15, 0.2) is 55.1 Å². The Bertz CT molecular complexity index is 818. The summed E-state index contributed by atoms with van der Waals surface area (Å²) in [5.74, 6) is 0.591. The molecule has 7 nitrogen and oxygen atoms in total. The first-order valence-corrected chi connectivity index (χ1v) is 8.45. The molecule has 1 amide bonds. The summed E-state index contributed by atoms with van der Waals surface area (Å²) < 4.78 is 5.44. The van der Waals surface area contributed by atoms with Crippen LogP contribution >= 0.6 is 0 Å². The average molecular weight is 369 g/mol. The third-order valence-electron chi connectivity index (χ3n) is 3.85. The van der Waals surface area contributed by atoms with Crippen molar-refractivity contribution in [3.8, 4) is 5.75 Å². The first-order valence-electron chi connectivity index (χ1n) is 8.45. The molecule has 0 unspecified atom stereocenters. The van der Waals surface area contributed by atoms with E-state index in [0.717, 1.165) is 11.3 Å². The normalized spacial score (nSPS) is 10.5. The molecular formula is C20H23N3O4. The van der Waals surface area contributed by atoms with E-state index in [4.69, 9.17) is 4.74 Å². The highest BCUT2D eigenvalue weighted by atomic mass is 16.6. The van der Waals surface area contributed by atoms with Crippen molar-refractivity contribution < 1.29 is 14.5 Å². The number of nitrogens with zero attached hydrogens (tertiary/aromatic N) is 2. The number of hydrogen-bond acceptors (Lipinski definition) is 5. The number of carbonyl (C=O) groups is 1. The molecule has 0 heterocycles. The summed E-state index contributed by atoms with van der Waals surface area (Å²) in [6.45, 7) is 6.60. The zero-order chi connectivity index (χ0) is 19.8. The number of nitro benzene ring substituents is 1. The van der Waals surface area contributed by atoms with E-state index in [9.17, 15) is 14.9 Å². The molecule has 0 aliphatic rings. The number of anilines is 1. The predicted octanol–water partition coefficient (Wildman–Crippen LogP) is 3.54. The molecule has 0 aliphatic carbocycles. The van der Waals surface area contributed by atoms with Gasteiger partial charge in [0, 0.05) is 24.4 Å². The van der Waals surface area contributed by atoms with Crippen molar-refractivity contribution in [1.82, 2.24) is 4.90 Å². The molecular weight excluding hydrogens is 346 g/mol. The topological polar surface area (TPSA) is 84.7 Å². The Morgan fingerprint density at radius 3 is 2.59 bits per heavy atom. The number of ether oxygens (including phenoxy) is 1. The molecule has 1 N–H and O–H groups in total. The molecule has 0 atom stereocenters. The van der Waals surface area contributed by atoms with E-state index in [1.807, 2.05) is 36.2 Å². The molecule has 0 fully saturated rings. The van der Waals surface area contributed by atoms with Crippen LogP contribution in [-0.2, 0) is 11.3 Å². The second-order valence-corrected chi connectivity index (χ2v) is 6.22. The Hall–Kier alpha value is -3.19. The fourth-order valence-corrected chi connectivity index (χ4v) is 2.55. The minimum atomic E-state index is -0.458. The lowest BCUT2D eigenvalue weighted by atomic mass is 10.1. The third kappa shape index (κ3) is 6.23. The van der Waals surface area contributed by atoms with Crippen molar-refractivity contribution in [2.75, 3.05) is 25.5 Å². The van der Waals surface area contributed by atoms with Crippen LogP contribution in [0.3, 0.4) is 0 Å². The van der Waals surface area contributed by atoms with E-state index in [2.05, 4.69) is 11.9 Å². The van der Waals surface area contributed by atoms with Crippen LogP contribution in [0.2, 0.25) is 0 Å². The van der Waals surface area contributed by atoms with Crippen molar-refractivity contribution >= 4 is 17.3 Å². The fraction of sp³-hybridized carbons (Fsp3) is 0.250. The monoisotopic (exact) mass is 369 g/mol. The standard InChI is InChI=1S/C20H23N3O4/c1-4-11-27-18-8-5-16(6-9-18)13-22(3)14-20(24)21-19-10-7-17(23(25)26)12-15(19)2/h4-10,12H,1,11,13-14H2,2-3H3,(H,21,24). The molecule has 0 aromatic heterocycles. The van der Waals surface area contributed by atoms with Gasteiger partial charge in [0.25, 0.3) is 5.69 Å². The smallest absolute Gasteiger partial charge is 0.269 e. The van der Waals surface area contributed by atoms with Crippen molar-refractivity contribution in [1.29, 1.82) is 0 Å². The Morgan fingerprint density at radius 2 is 2.00 bits per heavy atom. The van der Waals surface area contributed by atoms with Gasteiger partial charge in [0.15, 0.2) is 0 Å². The first-order chi connectivity index (χ1) is 12.9. The maximum atomic E-state index is 12.2. The highest BCUT2D eigenvalue weighted by molar-refractivity contribution is 5.93. The molecule has 0 bridgehead atoms. The number of non-ortho nitro benzene ring substituents is 1. The molecule has 0 saturated carbocycles. The van der Waals surface area contributed by atoms with Gasteiger partial charge in [-0.05, 0) is 43.3 Å². The van der Waals surface area contributed by atoms with Crippen LogP contribution < -0.4 is 10.1 Å². The van der Waals surface area contributed by atoms with Crippen LogP contribution in [0.5, 0.6) is 5.75 Å². The lowest BCUT2D eigenvalue weighted by Crippen LogP contribution is -2.30.